The fourth-order valence-corrected chi connectivity index (χ4v) is 2.25. The van der Waals surface area contributed by atoms with E-state index >= 15 is 0 Å². The maximum Gasteiger partial charge on any atom is 0.317 e. The lowest BCUT2D eigenvalue weighted by atomic mass is 10.0. The molecule has 2 N–H and O–H groups in total. The minimum absolute atomic E-state index is 0.0349. The van der Waals surface area contributed by atoms with Gasteiger partial charge in [0.2, 0.25) is 0 Å². The molecule has 98 valence electrons. The molecule has 1 aliphatic rings. The van der Waals surface area contributed by atoms with E-state index in [1.54, 1.807) is 11.0 Å². The number of aromatic nitrogens is 2. The number of H-pyrrole nitrogens is 1. The van der Waals surface area contributed by atoms with E-state index in [9.17, 15) is 4.79 Å². The lowest BCUT2D eigenvalue weighted by Gasteiger charge is -2.37. The van der Waals surface area contributed by atoms with Crippen LogP contribution in [-0.2, 0) is 0 Å². The number of nitrogens with one attached hydrogen (secondary N) is 2. The van der Waals surface area contributed by atoms with Crippen LogP contribution in [0.1, 0.15) is 11.7 Å². The Kier molecular flexibility index (Phi) is 2.95. The van der Waals surface area contributed by atoms with Crippen LogP contribution in [0, 0.1) is 0 Å². The van der Waals surface area contributed by atoms with E-state index in [0.717, 1.165) is 16.9 Å². The number of benzene rings is 1. The van der Waals surface area contributed by atoms with Crippen LogP contribution in [-0.4, -0.2) is 40.5 Å². The number of hydrogen-bond acceptors (Lipinski definition) is 2. The summed E-state index contributed by atoms with van der Waals surface area (Å²) in [4.78, 5) is 21.3. The molecule has 5 nitrogen and oxygen atoms in total. The van der Waals surface area contributed by atoms with E-state index < -0.39 is 0 Å². The van der Waals surface area contributed by atoms with Crippen LogP contribution >= 0.6 is 0 Å². The summed E-state index contributed by atoms with van der Waals surface area (Å²) in [6.07, 6.45) is 1.68. The van der Waals surface area contributed by atoms with Gasteiger partial charge in [-0.25, -0.2) is 9.78 Å². The molecule has 0 unspecified atom stereocenters. The van der Waals surface area contributed by atoms with Crippen molar-refractivity contribution in [3.63, 3.8) is 0 Å². The molecule has 0 radical (unpaired) electrons. The molecule has 2 heterocycles. The van der Waals surface area contributed by atoms with Crippen molar-refractivity contribution in [3.8, 4) is 0 Å². The van der Waals surface area contributed by atoms with Gasteiger partial charge in [-0.1, -0.05) is 18.2 Å². The highest BCUT2D eigenvalue weighted by atomic mass is 16.2. The molecular weight excluding hydrogens is 240 g/mol. The second-order valence-electron chi connectivity index (χ2n) is 4.72. The van der Waals surface area contributed by atoms with Crippen LogP contribution in [0.4, 0.5) is 4.79 Å². The molecule has 1 aliphatic heterocycles. The second-order valence-corrected chi connectivity index (χ2v) is 4.72. The van der Waals surface area contributed by atoms with Crippen molar-refractivity contribution >= 4 is 17.1 Å². The molecular formula is C14H16N4O. The molecule has 19 heavy (non-hydrogen) atoms. The number of fused-ring (bicyclic) bond motifs is 1. The quantitative estimate of drug-likeness (QED) is 0.823. The number of likely N-dealkylation sites (tertiary alicyclic amines) is 1. The SMILES string of the molecule is C=CCNC(=O)N1CC(c2nc3ccccc3[nH]2)C1. The summed E-state index contributed by atoms with van der Waals surface area (Å²) >= 11 is 0. The number of amides is 2. The van der Waals surface area contributed by atoms with E-state index in [2.05, 4.69) is 21.9 Å². The van der Waals surface area contributed by atoms with E-state index in [-0.39, 0.29) is 6.03 Å². The number of para-hydroxylation sites is 2. The molecule has 1 aromatic heterocycles. The van der Waals surface area contributed by atoms with Crippen LogP contribution in [0.25, 0.3) is 11.0 Å². The van der Waals surface area contributed by atoms with Gasteiger partial charge >= 0.3 is 6.03 Å². The first-order chi connectivity index (χ1) is 9.28. The molecule has 3 rings (SSSR count). The van der Waals surface area contributed by atoms with Crippen molar-refractivity contribution in [3.05, 3.63) is 42.7 Å². The monoisotopic (exact) mass is 256 g/mol. The first-order valence-corrected chi connectivity index (χ1v) is 6.36. The van der Waals surface area contributed by atoms with Gasteiger partial charge in [0.1, 0.15) is 5.82 Å². The van der Waals surface area contributed by atoms with Crippen LogP contribution in [0.3, 0.4) is 0 Å². The van der Waals surface area contributed by atoms with E-state index in [1.807, 2.05) is 24.3 Å². The highest BCUT2D eigenvalue weighted by Crippen LogP contribution is 2.26. The van der Waals surface area contributed by atoms with E-state index in [0.29, 0.717) is 25.6 Å². The first-order valence-electron chi connectivity index (χ1n) is 6.36. The summed E-state index contributed by atoms with van der Waals surface area (Å²) in [5.74, 6) is 1.27. The number of aromatic amines is 1. The Balaban J connectivity index is 1.64. The Labute approximate surface area is 111 Å². The molecule has 0 bridgehead atoms. The second kappa shape index (κ2) is 4.76. The van der Waals surface area contributed by atoms with Gasteiger partial charge in [-0.05, 0) is 12.1 Å². The largest absolute Gasteiger partial charge is 0.342 e. The zero-order valence-corrected chi connectivity index (χ0v) is 10.6. The zero-order valence-electron chi connectivity index (χ0n) is 10.6. The molecule has 0 atom stereocenters. The van der Waals surface area contributed by atoms with Gasteiger partial charge < -0.3 is 15.2 Å². The zero-order chi connectivity index (χ0) is 13.2. The van der Waals surface area contributed by atoms with Crippen molar-refractivity contribution in [2.75, 3.05) is 19.6 Å². The maximum atomic E-state index is 11.7. The number of rotatable bonds is 3. The third kappa shape index (κ3) is 2.19. The van der Waals surface area contributed by atoms with Crippen molar-refractivity contribution < 1.29 is 4.79 Å². The summed E-state index contributed by atoms with van der Waals surface area (Å²) in [5, 5.41) is 2.77. The summed E-state index contributed by atoms with van der Waals surface area (Å²) in [7, 11) is 0. The molecule has 2 aromatic rings. The average molecular weight is 256 g/mol. The molecule has 0 spiro atoms. The van der Waals surface area contributed by atoms with E-state index in [4.69, 9.17) is 0 Å². The summed E-state index contributed by atoms with van der Waals surface area (Å²) in [5.41, 5.74) is 2.03. The highest BCUT2D eigenvalue weighted by Gasteiger charge is 2.33. The lowest BCUT2D eigenvalue weighted by Crippen LogP contribution is -2.52. The number of nitrogens with zero attached hydrogens (tertiary/aromatic N) is 2. The van der Waals surface area contributed by atoms with Crippen LogP contribution in [0.15, 0.2) is 36.9 Å². The molecule has 1 aromatic carbocycles. The summed E-state index contributed by atoms with van der Waals surface area (Å²) < 4.78 is 0. The van der Waals surface area contributed by atoms with E-state index in [1.165, 1.54) is 0 Å². The Morgan fingerprint density at radius 2 is 2.32 bits per heavy atom. The molecule has 1 saturated heterocycles. The average Bonchev–Trinajstić information content (AvgIpc) is 2.77. The van der Waals surface area contributed by atoms with Crippen LogP contribution in [0.2, 0.25) is 0 Å². The highest BCUT2D eigenvalue weighted by molar-refractivity contribution is 5.76. The number of carbonyl (C=O) groups is 1. The van der Waals surface area contributed by atoms with Gasteiger partial charge in [-0.2, -0.15) is 0 Å². The third-order valence-electron chi connectivity index (χ3n) is 3.36. The predicted octanol–water partition coefficient (Wildman–Crippen LogP) is 1.86. The Morgan fingerprint density at radius 1 is 1.53 bits per heavy atom. The van der Waals surface area contributed by atoms with Crippen molar-refractivity contribution in [1.82, 2.24) is 20.2 Å². The lowest BCUT2D eigenvalue weighted by molar-refractivity contribution is 0.150. The number of carbonyl (C=O) groups excluding carboxylic acids is 1. The molecule has 5 heteroatoms. The van der Waals surface area contributed by atoms with Crippen LogP contribution in [0.5, 0.6) is 0 Å². The standard InChI is InChI=1S/C14H16N4O/c1-2-7-15-14(19)18-8-10(9-18)13-16-11-5-3-4-6-12(11)17-13/h2-6,10H,1,7-9H2,(H,15,19)(H,16,17). The fourth-order valence-electron chi connectivity index (χ4n) is 2.25. The van der Waals surface area contributed by atoms with Crippen molar-refractivity contribution in [2.24, 2.45) is 0 Å². The molecule has 0 aliphatic carbocycles. The minimum Gasteiger partial charge on any atom is -0.342 e. The predicted molar refractivity (Wildman–Crippen MR) is 74.0 cm³/mol. The Morgan fingerprint density at radius 3 is 3.05 bits per heavy atom. The van der Waals surface area contributed by atoms with Gasteiger partial charge in [0.05, 0.1) is 17.0 Å². The van der Waals surface area contributed by atoms with Gasteiger partial charge in [0, 0.05) is 19.6 Å². The Bertz CT molecular complexity index is 580. The Hall–Kier alpha value is -2.30. The van der Waals surface area contributed by atoms with Gasteiger partial charge in [0.15, 0.2) is 0 Å². The number of hydrogen-bond donors (Lipinski definition) is 2. The van der Waals surface area contributed by atoms with Gasteiger partial charge in [-0.3, -0.25) is 0 Å². The molecule has 0 saturated carbocycles. The molecule has 2 amide bonds. The smallest absolute Gasteiger partial charge is 0.317 e. The number of urea groups is 1. The first kappa shape index (κ1) is 11.8. The number of imidazole rings is 1. The molecule has 1 fully saturated rings. The minimum atomic E-state index is -0.0349. The van der Waals surface area contributed by atoms with Gasteiger partial charge in [0.25, 0.3) is 0 Å². The maximum absolute atomic E-state index is 11.7. The third-order valence-corrected chi connectivity index (χ3v) is 3.36. The van der Waals surface area contributed by atoms with Crippen molar-refractivity contribution in [1.29, 1.82) is 0 Å². The summed E-state index contributed by atoms with van der Waals surface area (Å²) in [6.45, 7) is 5.50. The van der Waals surface area contributed by atoms with Gasteiger partial charge in [-0.15, -0.1) is 6.58 Å². The fraction of sp³-hybridized carbons (Fsp3) is 0.286. The van der Waals surface area contributed by atoms with Crippen LogP contribution < -0.4 is 5.32 Å². The normalized spacial score (nSPS) is 15.3. The van der Waals surface area contributed by atoms with Crippen molar-refractivity contribution in [2.45, 2.75) is 5.92 Å². The summed E-state index contributed by atoms with van der Waals surface area (Å²) in [6, 6.07) is 7.93. The topological polar surface area (TPSA) is 61.0 Å².